The highest BCUT2D eigenvalue weighted by Crippen LogP contribution is 2.28. The molecule has 0 spiro atoms. The molecule has 0 radical (unpaired) electrons. The Labute approximate surface area is 146 Å². The first-order valence-electron chi connectivity index (χ1n) is 7.69. The molecule has 0 aliphatic carbocycles. The number of carbonyl (C=O) groups is 1. The molecule has 2 saturated heterocycles. The number of halogens is 3. The van der Waals surface area contributed by atoms with Crippen LogP contribution in [0.5, 0.6) is 5.75 Å². The van der Waals surface area contributed by atoms with Gasteiger partial charge in [-0.15, -0.1) is 12.4 Å². The molecule has 2 bridgehead atoms. The number of amides is 1. The van der Waals surface area contributed by atoms with Gasteiger partial charge in [0.25, 0.3) is 5.91 Å². The van der Waals surface area contributed by atoms with E-state index < -0.39 is 11.9 Å². The van der Waals surface area contributed by atoms with Crippen molar-refractivity contribution in [2.24, 2.45) is 0 Å². The smallest absolute Gasteiger partial charge is 0.260 e. The predicted molar refractivity (Wildman–Crippen MR) is 89.9 cm³/mol. The van der Waals surface area contributed by atoms with Crippen molar-refractivity contribution in [3.63, 3.8) is 0 Å². The Kier molecular flexibility index (Phi) is 6.12. The first-order valence-corrected chi connectivity index (χ1v) is 8.07. The lowest BCUT2D eigenvalue weighted by molar-refractivity contribution is -0.128. The molecule has 1 aromatic carbocycles. The Morgan fingerprint density at radius 3 is 2.65 bits per heavy atom. The third-order valence-corrected chi connectivity index (χ3v) is 4.68. The van der Waals surface area contributed by atoms with E-state index in [1.807, 2.05) is 0 Å². The van der Waals surface area contributed by atoms with E-state index in [1.54, 1.807) is 6.92 Å². The van der Waals surface area contributed by atoms with E-state index in [2.05, 4.69) is 10.6 Å². The van der Waals surface area contributed by atoms with Gasteiger partial charge in [0, 0.05) is 18.1 Å². The number of piperidine rings is 1. The summed E-state index contributed by atoms with van der Waals surface area (Å²) in [5.74, 6) is -0.276. The number of nitrogens with one attached hydrogen (secondary N) is 2. The van der Waals surface area contributed by atoms with Crippen LogP contribution in [0.3, 0.4) is 0 Å². The average Bonchev–Trinajstić information content (AvgIpc) is 2.81. The van der Waals surface area contributed by atoms with Gasteiger partial charge in [0.05, 0.1) is 5.02 Å². The fourth-order valence-electron chi connectivity index (χ4n) is 3.31. The molecule has 3 unspecified atom stereocenters. The third-order valence-electron chi connectivity index (χ3n) is 4.39. The highest BCUT2D eigenvalue weighted by atomic mass is 35.5. The fraction of sp³-hybridized carbons (Fsp3) is 0.562. The predicted octanol–water partition coefficient (Wildman–Crippen LogP) is 3.07. The van der Waals surface area contributed by atoms with E-state index in [9.17, 15) is 9.18 Å². The van der Waals surface area contributed by atoms with Crippen LogP contribution in [0.4, 0.5) is 4.39 Å². The van der Waals surface area contributed by atoms with Crippen molar-refractivity contribution in [1.82, 2.24) is 10.6 Å². The van der Waals surface area contributed by atoms with E-state index in [0.717, 1.165) is 12.8 Å². The van der Waals surface area contributed by atoms with Crippen LogP contribution >= 0.6 is 24.0 Å². The summed E-state index contributed by atoms with van der Waals surface area (Å²) in [4.78, 5) is 12.3. The Balaban J connectivity index is 0.00000192. The van der Waals surface area contributed by atoms with E-state index in [-0.39, 0.29) is 29.4 Å². The molecule has 1 aromatic rings. The van der Waals surface area contributed by atoms with Gasteiger partial charge in [0.1, 0.15) is 11.6 Å². The van der Waals surface area contributed by atoms with Crippen molar-refractivity contribution in [1.29, 1.82) is 0 Å². The van der Waals surface area contributed by atoms with Crippen molar-refractivity contribution in [2.75, 3.05) is 0 Å². The molecule has 3 atom stereocenters. The van der Waals surface area contributed by atoms with E-state index in [4.69, 9.17) is 16.3 Å². The Morgan fingerprint density at radius 2 is 2.04 bits per heavy atom. The van der Waals surface area contributed by atoms with Gasteiger partial charge in [-0.2, -0.15) is 0 Å². The zero-order valence-corrected chi connectivity index (χ0v) is 14.4. The van der Waals surface area contributed by atoms with Crippen molar-refractivity contribution in [3.8, 4) is 5.75 Å². The summed E-state index contributed by atoms with van der Waals surface area (Å²) >= 11 is 5.91. The molecule has 2 N–H and O–H groups in total. The number of hydrogen-bond donors (Lipinski definition) is 2. The monoisotopic (exact) mass is 362 g/mol. The lowest BCUT2D eigenvalue weighted by Crippen LogP contribution is -2.50. The minimum absolute atomic E-state index is 0. The number of ether oxygens (including phenoxy) is 1. The normalized spacial score (nSPS) is 27.0. The molecular formula is C16H21Cl2FN2O2. The van der Waals surface area contributed by atoms with E-state index in [0.29, 0.717) is 17.8 Å². The molecule has 7 heteroatoms. The maximum atomic E-state index is 13.0. The van der Waals surface area contributed by atoms with Gasteiger partial charge in [-0.05, 0) is 50.8 Å². The molecule has 3 rings (SSSR count). The van der Waals surface area contributed by atoms with Crippen molar-refractivity contribution >= 4 is 29.9 Å². The molecule has 2 aliphatic heterocycles. The molecule has 2 fully saturated rings. The third kappa shape index (κ3) is 4.49. The van der Waals surface area contributed by atoms with Crippen LogP contribution in [-0.2, 0) is 4.79 Å². The molecule has 2 aliphatic rings. The average molecular weight is 363 g/mol. The number of rotatable bonds is 4. The molecular weight excluding hydrogens is 342 g/mol. The second-order valence-electron chi connectivity index (χ2n) is 6.15. The van der Waals surface area contributed by atoms with Crippen LogP contribution in [0, 0.1) is 5.82 Å². The molecule has 128 valence electrons. The SMILES string of the molecule is CC(Oc1ccc(F)cc1Cl)C(=O)NC1CC2CCC(C1)N2.Cl. The van der Waals surface area contributed by atoms with Gasteiger partial charge in [0.2, 0.25) is 0 Å². The van der Waals surface area contributed by atoms with Crippen LogP contribution in [0.25, 0.3) is 0 Å². The molecule has 2 heterocycles. The van der Waals surface area contributed by atoms with Crippen LogP contribution in [-0.4, -0.2) is 30.1 Å². The number of hydrogen-bond acceptors (Lipinski definition) is 3. The summed E-state index contributed by atoms with van der Waals surface area (Å²) < 4.78 is 18.6. The number of fused-ring (bicyclic) bond motifs is 2. The quantitative estimate of drug-likeness (QED) is 0.865. The van der Waals surface area contributed by atoms with Crippen molar-refractivity contribution in [3.05, 3.63) is 29.0 Å². The second kappa shape index (κ2) is 7.69. The standard InChI is InChI=1S/C16H20ClFN2O2.ClH/c1-9(22-15-5-2-10(18)6-14(15)17)16(21)20-13-7-11-3-4-12(8-13)19-11;/h2,5-6,9,11-13,19H,3-4,7-8H2,1H3,(H,20,21);1H. The summed E-state index contributed by atoms with van der Waals surface area (Å²) in [5, 5.41) is 6.76. The lowest BCUT2D eigenvalue weighted by Gasteiger charge is -2.30. The Morgan fingerprint density at radius 1 is 1.39 bits per heavy atom. The second-order valence-corrected chi connectivity index (χ2v) is 6.56. The van der Waals surface area contributed by atoms with Gasteiger partial charge in [0.15, 0.2) is 6.10 Å². The first kappa shape index (κ1) is 18.3. The van der Waals surface area contributed by atoms with Crippen LogP contribution < -0.4 is 15.4 Å². The van der Waals surface area contributed by atoms with Crippen LogP contribution in [0.1, 0.15) is 32.6 Å². The van der Waals surface area contributed by atoms with Gasteiger partial charge in [-0.3, -0.25) is 4.79 Å². The summed E-state index contributed by atoms with van der Waals surface area (Å²) in [6.07, 6.45) is 3.64. The molecule has 23 heavy (non-hydrogen) atoms. The maximum Gasteiger partial charge on any atom is 0.260 e. The van der Waals surface area contributed by atoms with Crippen molar-refractivity contribution < 1.29 is 13.9 Å². The van der Waals surface area contributed by atoms with E-state index in [1.165, 1.54) is 31.0 Å². The maximum absolute atomic E-state index is 13.0. The summed E-state index contributed by atoms with van der Waals surface area (Å²) in [5.41, 5.74) is 0. The topological polar surface area (TPSA) is 50.4 Å². The largest absolute Gasteiger partial charge is 0.479 e. The zero-order valence-electron chi connectivity index (χ0n) is 12.9. The highest BCUT2D eigenvalue weighted by molar-refractivity contribution is 6.32. The van der Waals surface area contributed by atoms with E-state index >= 15 is 0 Å². The summed E-state index contributed by atoms with van der Waals surface area (Å²) in [7, 11) is 0. The van der Waals surface area contributed by atoms with Crippen LogP contribution in [0.2, 0.25) is 5.02 Å². The molecule has 0 aromatic heterocycles. The fourth-order valence-corrected chi connectivity index (χ4v) is 3.52. The van der Waals surface area contributed by atoms with Gasteiger partial charge < -0.3 is 15.4 Å². The van der Waals surface area contributed by atoms with Gasteiger partial charge >= 0.3 is 0 Å². The van der Waals surface area contributed by atoms with Gasteiger partial charge in [-0.1, -0.05) is 11.6 Å². The lowest BCUT2D eigenvalue weighted by atomic mass is 9.99. The zero-order chi connectivity index (χ0) is 15.7. The molecule has 0 saturated carbocycles. The molecule has 4 nitrogen and oxygen atoms in total. The Bertz CT molecular complexity index is 561. The molecule has 1 amide bonds. The minimum atomic E-state index is -0.671. The van der Waals surface area contributed by atoms with Crippen molar-refractivity contribution in [2.45, 2.75) is 56.8 Å². The number of carbonyl (C=O) groups excluding carboxylic acids is 1. The highest BCUT2D eigenvalue weighted by Gasteiger charge is 2.34. The number of benzene rings is 1. The Hall–Kier alpha value is -1.04. The summed E-state index contributed by atoms with van der Waals surface area (Å²) in [6.45, 7) is 1.67. The summed E-state index contributed by atoms with van der Waals surface area (Å²) in [6, 6.07) is 5.11. The minimum Gasteiger partial charge on any atom is -0.479 e. The van der Waals surface area contributed by atoms with Gasteiger partial charge in [-0.25, -0.2) is 4.39 Å². The van der Waals surface area contributed by atoms with Crippen LogP contribution in [0.15, 0.2) is 18.2 Å². The first-order chi connectivity index (χ1) is 10.5.